The largest absolute Gasteiger partial charge is 0.497 e. The molecule has 0 spiro atoms. The molecule has 0 aliphatic rings. The molecule has 1 atom stereocenters. The Morgan fingerprint density at radius 3 is 2.58 bits per heavy atom. The van der Waals surface area contributed by atoms with Crippen LogP contribution in [0.5, 0.6) is 11.5 Å². The monoisotopic (exact) mass is 443 g/mol. The number of aryl methyl sites for hydroxylation is 2. The Morgan fingerprint density at radius 2 is 1.82 bits per heavy atom. The van der Waals surface area contributed by atoms with E-state index in [1.54, 1.807) is 31.4 Å². The van der Waals surface area contributed by atoms with E-state index < -0.39 is 0 Å². The summed E-state index contributed by atoms with van der Waals surface area (Å²) < 4.78 is 13.3. The summed E-state index contributed by atoms with van der Waals surface area (Å²) in [6.07, 6.45) is 0.820. The lowest BCUT2D eigenvalue weighted by atomic mass is 10.2. The zero-order chi connectivity index (χ0) is 23.2. The van der Waals surface area contributed by atoms with Crippen LogP contribution in [0.4, 0.5) is 0 Å². The Balaban J connectivity index is 1.47. The zero-order valence-electron chi connectivity index (χ0n) is 19.2. The van der Waals surface area contributed by atoms with E-state index in [0.717, 1.165) is 35.6 Å². The number of carbonyl (C=O) groups excluding carboxylic acids is 1. The molecule has 3 aromatic carbocycles. The predicted molar refractivity (Wildman–Crippen MR) is 130 cm³/mol. The highest BCUT2D eigenvalue weighted by Crippen LogP contribution is 2.22. The van der Waals surface area contributed by atoms with Gasteiger partial charge in [0, 0.05) is 12.1 Å². The Kier molecular flexibility index (Phi) is 6.93. The number of rotatable bonds is 9. The van der Waals surface area contributed by atoms with Crippen molar-refractivity contribution in [1.82, 2.24) is 14.9 Å². The number of fused-ring (bicyclic) bond motifs is 1. The minimum atomic E-state index is -0.260. The second kappa shape index (κ2) is 10.2. The summed E-state index contributed by atoms with van der Waals surface area (Å²) in [7, 11) is 1.60. The number of para-hydroxylation sites is 2. The summed E-state index contributed by atoms with van der Waals surface area (Å²) in [6, 6.07) is 22.9. The number of ether oxygens (including phenoxy) is 2. The number of carbonyl (C=O) groups is 1. The molecule has 0 saturated heterocycles. The first kappa shape index (κ1) is 22.4. The van der Waals surface area contributed by atoms with Gasteiger partial charge in [-0.2, -0.15) is 0 Å². The maximum Gasteiger partial charge on any atom is 0.251 e. The second-order valence-corrected chi connectivity index (χ2v) is 8.05. The molecule has 170 valence electrons. The SMILES string of the molecule is COc1ccc(C(=O)NC(C)c2nc3ccccc3n2CCCOc2cccc(C)c2)cc1. The molecule has 6 heteroatoms. The average molecular weight is 444 g/mol. The van der Waals surface area contributed by atoms with E-state index in [9.17, 15) is 4.79 Å². The van der Waals surface area contributed by atoms with Gasteiger partial charge in [0.05, 0.1) is 30.8 Å². The van der Waals surface area contributed by atoms with Gasteiger partial charge in [-0.3, -0.25) is 4.79 Å². The highest BCUT2D eigenvalue weighted by molar-refractivity contribution is 5.94. The van der Waals surface area contributed by atoms with E-state index >= 15 is 0 Å². The third-order valence-corrected chi connectivity index (χ3v) is 5.56. The van der Waals surface area contributed by atoms with Crippen molar-refractivity contribution in [3.63, 3.8) is 0 Å². The number of nitrogens with one attached hydrogen (secondary N) is 1. The van der Waals surface area contributed by atoms with E-state index in [1.807, 2.05) is 43.3 Å². The lowest BCUT2D eigenvalue weighted by molar-refractivity contribution is 0.0937. The smallest absolute Gasteiger partial charge is 0.251 e. The lowest BCUT2D eigenvalue weighted by Gasteiger charge is -2.17. The molecule has 1 heterocycles. The van der Waals surface area contributed by atoms with Crippen molar-refractivity contribution >= 4 is 16.9 Å². The van der Waals surface area contributed by atoms with Gasteiger partial charge in [-0.15, -0.1) is 0 Å². The first-order valence-electron chi connectivity index (χ1n) is 11.1. The van der Waals surface area contributed by atoms with Gasteiger partial charge in [-0.1, -0.05) is 24.3 Å². The molecule has 1 amide bonds. The summed E-state index contributed by atoms with van der Waals surface area (Å²) in [5, 5.41) is 3.08. The minimum Gasteiger partial charge on any atom is -0.497 e. The standard InChI is InChI=1S/C27H29N3O3/c1-19-8-6-9-23(18-19)33-17-7-16-30-25-11-5-4-10-24(25)29-26(30)20(2)28-27(31)21-12-14-22(32-3)15-13-21/h4-6,8-15,18,20H,7,16-17H2,1-3H3,(H,28,31). The van der Waals surface area contributed by atoms with Crippen molar-refractivity contribution in [3.05, 3.63) is 89.7 Å². The third-order valence-electron chi connectivity index (χ3n) is 5.56. The third kappa shape index (κ3) is 5.34. The van der Waals surface area contributed by atoms with E-state index in [1.165, 1.54) is 5.56 Å². The number of hydrogen-bond donors (Lipinski definition) is 1. The predicted octanol–water partition coefficient (Wildman–Crippen LogP) is 5.31. The number of amides is 1. The Labute approximate surface area is 194 Å². The maximum absolute atomic E-state index is 12.8. The molecular weight excluding hydrogens is 414 g/mol. The van der Waals surface area contributed by atoms with Gasteiger partial charge >= 0.3 is 0 Å². The van der Waals surface area contributed by atoms with Crippen LogP contribution in [0.1, 0.15) is 41.1 Å². The van der Waals surface area contributed by atoms with Crippen molar-refractivity contribution in [1.29, 1.82) is 0 Å². The first-order chi connectivity index (χ1) is 16.0. The van der Waals surface area contributed by atoms with Crippen LogP contribution < -0.4 is 14.8 Å². The number of aromatic nitrogens is 2. The molecular formula is C27H29N3O3. The van der Waals surface area contributed by atoms with Crippen LogP contribution in [0.15, 0.2) is 72.8 Å². The number of nitrogens with zero attached hydrogens (tertiary/aromatic N) is 2. The zero-order valence-corrected chi connectivity index (χ0v) is 19.2. The molecule has 0 fully saturated rings. The number of hydrogen-bond acceptors (Lipinski definition) is 4. The van der Waals surface area contributed by atoms with E-state index in [2.05, 4.69) is 28.9 Å². The molecule has 6 nitrogen and oxygen atoms in total. The molecule has 1 N–H and O–H groups in total. The number of benzene rings is 3. The van der Waals surface area contributed by atoms with E-state index in [4.69, 9.17) is 14.5 Å². The minimum absolute atomic E-state index is 0.147. The van der Waals surface area contributed by atoms with Crippen LogP contribution in [-0.2, 0) is 6.54 Å². The molecule has 33 heavy (non-hydrogen) atoms. The molecule has 0 radical (unpaired) electrons. The van der Waals surface area contributed by atoms with Gasteiger partial charge in [0.2, 0.25) is 0 Å². The van der Waals surface area contributed by atoms with Crippen molar-refractivity contribution < 1.29 is 14.3 Å². The maximum atomic E-state index is 12.8. The molecule has 0 saturated carbocycles. The summed E-state index contributed by atoms with van der Waals surface area (Å²) in [6.45, 7) is 5.35. The Bertz CT molecular complexity index is 1230. The number of imidazole rings is 1. The topological polar surface area (TPSA) is 65.4 Å². The molecule has 1 aromatic heterocycles. The van der Waals surface area contributed by atoms with Crippen LogP contribution in [0.25, 0.3) is 11.0 Å². The molecule has 4 aromatic rings. The highest BCUT2D eigenvalue weighted by atomic mass is 16.5. The highest BCUT2D eigenvalue weighted by Gasteiger charge is 2.19. The lowest BCUT2D eigenvalue weighted by Crippen LogP contribution is -2.28. The summed E-state index contributed by atoms with van der Waals surface area (Å²) in [4.78, 5) is 17.6. The quantitative estimate of drug-likeness (QED) is 0.356. The molecule has 1 unspecified atom stereocenters. The average Bonchev–Trinajstić information content (AvgIpc) is 3.20. The molecule has 0 aliphatic carbocycles. The summed E-state index contributed by atoms with van der Waals surface area (Å²) >= 11 is 0. The van der Waals surface area contributed by atoms with Crippen molar-refractivity contribution in [2.24, 2.45) is 0 Å². The second-order valence-electron chi connectivity index (χ2n) is 8.05. The van der Waals surface area contributed by atoms with Crippen LogP contribution in [0.2, 0.25) is 0 Å². The molecule has 0 bridgehead atoms. The van der Waals surface area contributed by atoms with E-state index in [-0.39, 0.29) is 11.9 Å². The fourth-order valence-electron chi connectivity index (χ4n) is 3.86. The van der Waals surface area contributed by atoms with Crippen LogP contribution in [-0.4, -0.2) is 29.2 Å². The van der Waals surface area contributed by atoms with Crippen LogP contribution >= 0.6 is 0 Å². The molecule has 4 rings (SSSR count). The van der Waals surface area contributed by atoms with Crippen molar-refractivity contribution in [2.45, 2.75) is 32.9 Å². The van der Waals surface area contributed by atoms with Gasteiger partial charge < -0.3 is 19.4 Å². The fourth-order valence-corrected chi connectivity index (χ4v) is 3.86. The molecule has 0 aliphatic heterocycles. The van der Waals surface area contributed by atoms with Crippen LogP contribution in [0, 0.1) is 6.92 Å². The Hall–Kier alpha value is -3.80. The number of methoxy groups -OCH3 is 1. The normalized spacial score (nSPS) is 11.8. The Morgan fingerprint density at radius 1 is 1.03 bits per heavy atom. The van der Waals surface area contributed by atoms with E-state index in [0.29, 0.717) is 17.9 Å². The first-order valence-corrected chi connectivity index (χ1v) is 11.1. The summed E-state index contributed by atoms with van der Waals surface area (Å²) in [5.41, 5.74) is 3.72. The van der Waals surface area contributed by atoms with Gasteiger partial charge in [0.25, 0.3) is 5.91 Å². The van der Waals surface area contributed by atoms with Gasteiger partial charge in [-0.05, 0) is 74.4 Å². The van der Waals surface area contributed by atoms with Crippen molar-refractivity contribution in [2.75, 3.05) is 13.7 Å². The fraction of sp³-hybridized carbons (Fsp3) is 0.259. The van der Waals surface area contributed by atoms with Gasteiger partial charge in [0.15, 0.2) is 0 Å². The van der Waals surface area contributed by atoms with Crippen LogP contribution in [0.3, 0.4) is 0 Å². The van der Waals surface area contributed by atoms with Gasteiger partial charge in [-0.25, -0.2) is 4.98 Å². The van der Waals surface area contributed by atoms with Crippen molar-refractivity contribution in [3.8, 4) is 11.5 Å². The van der Waals surface area contributed by atoms with Gasteiger partial charge in [0.1, 0.15) is 17.3 Å². The summed E-state index contributed by atoms with van der Waals surface area (Å²) in [5.74, 6) is 2.28.